The Kier molecular flexibility index (Phi) is 6.08. The van der Waals surface area contributed by atoms with Crippen LogP contribution in [-0.4, -0.2) is 23.3 Å². The highest BCUT2D eigenvalue weighted by Crippen LogP contribution is 2.27. The number of nitro benzene ring substituents is 1. The van der Waals surface area contributed by atoms with Crippen LogP contribution in [0.5, 0.6) is 0 Å². The van der Waals surface area contributed by atoms with Gasteiger partial charge >= 0.3 is 5.69 Å². The second-order valence-corrected chi connectivity index (χ2v) is 4.28. The lowest BCUT2D eigenvalue weighted by atomic mass is 10.1. The van der Waals surface area contributed by atoms with E-state index in [1.807, 2.05) is 0 Å². The minimum Gasteiger partial charge on any atom is -0.370 e. The quantitative estimate of drug-likeness (QED) is 0.233. The molecule has 0 bridgehead atoms. The van der Waals surface area contributed by atoms with Gasteiger partial charge < -0.3 is 16.5 Å². The summed E-state index contributed by atoms with van der Waals surface area (Å²) < 4.78 is 0. The van der Waals surface area contributed by atoms with Crippen LogP contribution in [0.2, 0.25) is 0 Å². The van der Waals surface area contributed by atoms with Crippen LogP contribution >= 0.6 is 0 Å². The van der Waals surface area contributed by atoms with Crippen molar-refractivity contribution >= 4 is 23.2 Å². The van der Waals surface area contributed by atoms with E-state index in [1.54, 1.807) is 0 Å². The van der Waals surface area contributed by atoms with Crippen molar-refractivity contribution in [3.63, 3.8) is 0 Å². The van der Waals surface area contributed by atoms with Gasteiger partial charge in [0.2, 0.25) is 5.91 Å². The summed E-state index contributed by atoms with van der Waals surface area (Å²) in [6.45, 7) is 0.295. The fraction of sp³-hybridized carbons (Fsp3) is 0.333. The van der Waals surface area contributed by atoms with E-state index in [9.17, 15) is 19.7 Å². The second-order valence-electron chi connectivity index (χ2n) is 4.28. The molecule has 1 rings (SSSR count). The molecule has 9 heteroatoms. The van der Waals surface area contributed by atoms with Crippen molar-refractivity contribution < 1.29 is 14.5 Å². The van der Waals surface area contributed by atoms with Crippen molar-refractivity contribution in [1.29, 1.82) is 0 Å². The van der Waals surface area contributed by atoms with Crippen molar-refractivity contribution in [1.82, 2.24) is 5.32 Å². The highest BCUT2D eigenvalue weighted by atomic mass is 16.6. The van der Waals surface area contributed by atoms with Crippen LogP contribution in [-0.2, 0) is 4.79 Å². The van der Waals surface area contributed by atoms with Gasteiger partial charge in [-0.25, -0.2) is 0 Å². The van der Waals surface area contributed by atoms with E-state index in [4.69, 9.17) is 11.6 Å². The molecule has 0 aliphatic heterocycles. The van der Waals surface area contributed by atoms with Gasteiger partial charge in [0.1, 0.15) is 11.3 Å². The number of carbonyl (C=O) groups is 2. The van der Waals surface area contributed by atoms with E-state index in [-0.39, 0.29) is 23.4 Å². The number of anilines is 1. The molecule has 0 aliphatic rings. The monoisotopic (exact) mass is 295 g/mol. The Bertz CT molecular complexity index is 546. The molecule has 0 atom stereocenters. The van der Waals surface area contributed by atoms with Crippen LogP contribution in [0.3, 0.4) is 0 Å². The van der Waals surface area contributed by atoms with E-state index in [1.165, 1.54) is 18.2 Å². The van der Waals surface area contributed by atoms with Gasteiger partial charge in [-0.15, -0.1) is 0 Å². The molecule has 0 radical (unpaired) electrons. The van der Waals surface area contributed by atoms with Crippen LogP contribution in [0.4, 0.5) is 11.4 Å². The summed E-state index contributed by atoms with van der Waals surface area (Å²) in [5.74, 6) is 4.22. The number of primary amides is 1. The molecule has 0 saturated heterocycles. The summed E-state index contributed by atoms with van der Waals surface area (Å²) in [7, 11) is 0. The van der Waals surface area contributed by atoms with Crippen LogP contribution in [0.1, 0.15) is 29.6 Å². The predicted octanol–water partition coefficient (Wildman–Crippen LogP) is 0.266. The number of amides is 2. The number of nitrogens with one attached hydrogen (secondary N) is 2. The molecule has 114 valence electrons. The number of rotatable bonds is 8. The summed E-state index contributed by atoms with van der Waals surface area (Å²) in [4.78, 5) is 32.9. The summed E-state index contributed by atoms with van der Waals surface area (Å²) in [6, 6.07) is 4.24. The molecule has 21 heavy (non-hydrogen) atoms. The Morgan fingerprint density at radius 2 is 2.00 bits per heavy atom. The Morgan fingerprint density at radius 1 is 1.29 bits per heavy atom. The average Bonchev–Trinajstić information content (AvgIpc) is 2.45. The normalized spacial score (nSPS) is 9.95. The van der Waals surface area contributed by atoms with E-state index in [2.05, 4.69) is 10.7 Å². The van der Waals surface area contributed by atoms with Crippen LogP contribution in [0, 0.1) is 10.1 Å². The van der Waals surface area contributed by atoms with Gasteiger partial charge in [0, 0.05) is 13.0 Å². The third-order valence-electron chi connectivity index (χ3n) is 2.75. The first-order chi connectivity index (χ1) is 9.97. The first-order valence-electron chi connectivity index (χ1n) is 6.28. The largest absolute Gasteiger partial charge is 0.370 e. The molecule has 2 amide bonds. The molecular formula is C12H17N5O4. The molecular weight excluding hydrogens is 278 g/mol. The molecule has 9 nitrogen and oxygen atoms in total. The maximum atomic E-state index is 12.0. The number of para-hydroxylation sites is 1. The van der Waals surface area contributed by atoms with Crippen LogP contribution < -0.4 is 22.3 Å². The Morgan fingerprint density at radius 3 is 2.57 bits per heavy atom. The summed E-state index contributed by atoms with van der Waals surface area (Å²) in [5, 5.41) is 13.6. The predicted molar refractivity (Wildman–Crippen MR) is 76.3 cm³/mol. The zero-order chi connectivity index (χ0) is 15.8. The van der Waals surface area contributed by atoms with E-state index < -0.39 is 16.7 Å². The number of hydrazine groups is 1. The molecule has 0 heterocycles. The van der Waals surface area contributed by atoms with Crippen molar-refractivity contribution in [2.75, 3.05) is 12.0 Å². The molecule has 0 spiro atoms. The summed E-state index contributed by atoms with van der Waals surface area (Å²) >= 11 is 0. The number of nitrogen functional groups attached to an aromatic ring is 1. The highest BCUT2D eigenvalue weighted by Gasteiger charge is 2.23. The van der Waals surface area contributed by atoms with Gasteiger partial charge in [0.15, 0.2) is 0 Å². The number of carbonyl (C=O) groups excluding carboxylic acids is 2. The molecule has 0 aliphatic carbocycles. The lowest BCUT2D eigenvalue weighted by molar-refractivity contribution is -0.384. The number of hydrogen-bond acceptors (Lipinski definition) is 6. The molecule has 6 N–H and O–H groups in total. The minimum atomic E-state index is -0.669. The van der Waals surface area contributed by atoms with Crippen LogP contribution in [0.25, 0.3) is 0 Å². The van der Waals surface area contributed by atoms with Crippen molar-refractivity contribution in [2.24, 2.45) is 11.6 Å². The average molecular weight is 295 g/mol. The van der Waals surface area contributed by atoms with E-state index >= 15 is 0 Å². The number of nitrogens with two attached hydrogens (primary N) is 2. The maximum absolute atomic E-state index is 12.0. The van der Waals surface area contributed by atoms with Gasteiger partial charge in [-0.1, -0.05) is 6.07 Å². The van der Waals surface area contributed by atoms with E-state index in [0.717, 1.165) is 0 Å². The van der Waals surface area contributed by atoms with Gasteiger partial charge in [-0.2, -0.15) is 0 Å². The zero-order valence-corrected chi connectivity index (χ0v) is 11.3. The van der Waals surface area contributed by atoms with Gasteiger partial charge in [-0.3, -0.25) is 25.5 Å². The Balaban J connectivity index is 2.70. The second kappa shape index (κ2) is 7.80. The highest BCUT2D eigenvalue weighted by molar-refractivity contribution is 6.00. The fourth-order valence-corrected chi connectivity index (χ4v) is 1.76. The molecule has 0 unspecified atom stereocenters. The molecule has 0 saturated carbocycles. The van der Waals surface area contributed by atoms with Crippen LogP contribution in [0.15, 0.2) is 18.2 Å². The Labute approximate surface area is 120 Å². The smallest absolute Gasteiger partial charge is 0.306 e. The maximum Gasteiger partial charge on any atom is 0.306 e. The number of nitrogens with zero attached hydrogens (tertiary/aromatic N) is 1. The molecule has 1 aromatic carbocycles. The van der Waals surface area contributed by atoms with Gasteiger partial charge in [0.25, 0.3) is 5.91 Å². The van der Waals surface area contributed by atoms with Crippen molar-refractivity contribution in [2.45, 2.75) is 19.3 Å². The molecule has 0 aromatic heterocycles. The van der Waals surface area contributed by atoms with E-state index in [0.29, 0.717) is 19.4 Å². The zero-order valence-electron chi connectivity index (χ0n) is 11.3. The SMILES string of the molecule is NNc1cccc(C(=O)NCCCCC(N)=O)c1[N+](=O)[O-]. The number of benzene rings is 1. The number of nitro groups is 1. The first kappa shape index (κ1) is 16.4. The number of unbranched alkanes of at least 4 members (excludes halogenated alkanes) is 1. The van der Waals surface area contributed by atoms with Gasteiger partial charge in [0.05, 0.1) is 4.92 Å². The summed E-state index contributed by atoms with van der Waals surface area (Å²) in [5.41, 5.74) is 6.78. The molecule has 1 aromatic rings. The third kappa shape index (κ3) is 4.73. The third-order valence-corrected chi connectivity index (χ3v) is 2.75. The number of hydrogen-bond donors (Lipinski definition) is 4. The Hall–Kier alpha value is -2.68. The molecule has 0 fully saturated rings. The lowest BCUT2D eigenvalue weighted by Crippen LogP contribution is -2.26. The van der Waals surface area contributed by atoms with Gasteiger partial charge in [-0.05, 0) is 25.0 Å². The first-order valence-corrected chi connectivity index (χ1v) is 6.28. The minimum absolute atomic E-state index is 0.0568. The topological polar surface area (TPSA) is 153 Å². The fourth-order valence-electron chi connectivity index (χ4n) is 1.76. The standard InChI is InChI=1S/C12H17N5O4/c13-10(18)6-1-2-7-15-12(19)8-4-3-5-9(16-14)11(8)17(20)21/h3-5,16H,1-2,6-7,14H2,(H2,13,18)(H,15,19). The lowest BCUT2D eigenvalue weighted by Gasteiger charge is -2.08. The summed E-state index contributed by atoms with van der Waals surface area (Å²) in [6.07, 6.45) is 1.34. The van der Waals surface area contributed by atoms with Crippen molar-refractivity contribution in [3.05, 3.63) is 33.9 Å². The van der Waals surface area contributed by atoms with Crippen molar-refractivity contribution in [3.8, 4) is 0 Å².